The molecule has 1 fully saturated rings. The van der Waals surface area contributed by atoms with Crippen LogP contribution in [0.5, 0.6) is 0 Å². The molecule has 0 unspecified atom stereocenters. The Kier molecular flexibility index (Phi) is 2.27. The lowest BCUT2D eigenvalue weighted by Crippen LogP contribution is -2.33. The topological polar surface area (TPSA) is 43.4 Å². The molecule has 0 spiro atoms. The van der Waals surface area contributed by atoms with Crippen LogP contribution in [0.15, 0.2) is 0 Å². The first-order chi connectivity index (χ1) is 5.09. The van der Waals surface area contributed by atoms with Gasteiger partial charge in [-0.2, -0.15) is 0 Å². The fraction of sp³-hybridized carbons (Fsp3) is 0.750. The highest BCUT2D eigenvalue weighted by molar-refractivity contribution is 5.97. The number of carbonyl (C=O) groups is 2. The Morgan fingerprint density at radius 1 is 1.45 bits per heavy atom. The predicted molar refractivity (Wildman–Crippen MR) is 39.0 cm³/mol. The summed E-state index contributed by atoms with van der Waals surface area (Å²) in [5.74, 6) is -0.136. The molecule has 1 atom stereocenters. The quantitative estimate of drug-likeness (QED) is 0.418. The minimum absolute atomic E-state index is 0.0000463. The number of carbonyl (C=O) groups excluding carboxylic acids is 2. The van der Waals surface area contributed by atoms with E-state index in [1.807, 2.05) is 13.8 Å². The molecule has 11 heavy (non-hydrogen) atoms. The van der Waals surface area contributed by atoms with Crippen LogP contribution in [0.4, 0.5) is 0 Å². The summed E-state index contributed by atoms with van der Waals surface area (Å²) in [4.78, 5) is 21.6. The second kappa shape index (κ2) is 3.03. The van der Waals surface area contributed by atoms with Crippen LogP contribution in [0.2, 0.25) is 0 Å². The average Bonchev–Trinajstić information content (AvgIpc) is 1.85. The number of ether oxygens (including phenoxy) is 1. The van der Waals surface area contributed by atoms with E-state index in [1.54, 1.807) is 0 Å². The van der Waals surface area contributed by atoms with Crippen molar-refractivity contribution in [1.29, 1.82) is 0 Å². The zero-order valence-electron chi connectivity index (χ0n) is 6.79. The fourth-order valence-electron chi connectivity index (χ4n) is 1.08. The van der Waals surface area contributed by atoms with Gasteiger partial charge in [-0.15, -0.1) is 0 Å². The number of hydrogen-bond acceptors (Lipinski definition) is 3. The molecular formula is C8H12O3. The number of ketones is 1. The van der Waals surface area contributed by atoms with Gasteiger partial charge in [-0.05, 0) is 5.92 Å². The lowest BCUT2D eigenvalue weighted by atomic mass is 9.98. The summed E-state index contributed by atoms with van der Waals surface area (Å²) in [7, 11) is 0. The van der Waals surface area contributed by atoms with Crippen molar-refractivity contribution in [2.45, 2.75) is 32.8 Å². The van der Waals surface area contributed by atoms with Gasteiger partial charge in [0.1, 0.15) is 18.3 Å². The Morgan fingerprint density at radius 3 is 2.55 bits per heavy atom. The standard InChI is InChI=1S/C8H12O3/c1-5(2)7-3-6(9)4-8(10)11-7/h5,7H,3-4H2,1-2H3/t7-/m1/s1. The minimum Gasteiger partial charge on any atom is -0.461 e. The van der Waals surface area contributed by atoms with E-state index in [-0.39, 0.29) is 30.2 Å². The van der Waals surface area contributed by atoms with Crippen LogP contribution in [0.3, 0.4) is 0 Å². The fourth-order valence-corrected chi connectivity index (χ4v) is 1.08. The zero-order chi connectivity index (χ0) is 8.43. The molecule has 0 aromatic heterocycles. The van der Waals surface area contributed by atoms with Gasteiger partial charge in [0.05, 0.1) is 0 Å². The Bertz CT molecular complexity index is 168. The van der Waals surface area contributed by atoms with Gasteiger partial charge in [0.25, 0.3) is 0 Å². The lowest BCUT2D eigenvalue weighted by molar-refractivity contribution is -0.160. The molecule has 3 nitrogen and oxygen atoms in total. The van der Waals surface area contributed by atoms with Crippen LogP contribution >= 0.6 is 0 Å². The van der Waals surface area contributed by atoms with Gasteiger partial charge in [-0.1, -0.05) is 13.8 Å². The van der Waals surface area contributed by atoms with Gasteiger partial charge in [0, 0.05) is 6.42 Å². The molecule has 0 aromatic rings. The van der Waals surface area contributed by atoms with E-state index < -0.39 is 0 Å². The summed E-state index contributed by atoms with van der Waals surface area (Å²) in [6, 6.07) is 0. The van der Waals surface area contributed by atoms with Crippen LogP contribution in [0.1, 0.15) is 26.7 Å². The van der Waals surface area contributed by atoms with E-state index in [1.165, 1.54) is 0 Å². The Morgan fingerprint density at radius 2 is 2.09 bits per heavy atom. The van der Waals surface area contributed by atoms with Crippen molar-refractivity contribution < 1.29 is 14.3 Å². The highest BCUT2D eigenvalue weighted by atomic mass is 16.5. The third-order valence-electron chi connectivity index (χ3n) is 1.80. The number of esters is 1. The summed E-state index contributed by atoms with van der Waals surface area (Å²) >= 11 is 0. The Balaban J connectivity index is 2.56. The van der Waals surface area contributed by atoms with Crippen LogP contribution in [0, 0.1) is 5.92 Å². The van der Waals surface area contributed by atoms with Crippen molar-refractivity contribution in [1.82, 2.24) is 0 Å². The molecule has 3 heteroatoms. The maximum absolute atomic E-state index is 10.9. The van der Waals surface area contributed by atoms with Gasteiger partial charge in [-0.25, -0.2) is 0 Å². The van der Waals surface area contributed by atoms with Gasteiger partial charge in [0.15, 0.2) is 0 Å². The molecule has 1 rings (SSSR count). The molecule has 1 aliphatic heterocycles. The molecule has 0 radical (unpaired) electrons. The monoisotopic (exact) mass is 156 g/mol. The van der Waals surface area contributed by atoms with Crippen molar-refractivity contribution in [2.75, 3.05) is 0 Å². The van der Waals surface area contributed by atoms with Gasteiger partial charge in [-0.3, -0.25) is 9.59 Å². The molecule has 1 aliphatic rings. The van der Waals surface area contributed by atoms with Crippen LogP contribution < -0.4 is 0 Å². The third kappa shape index (κ3) is 2.03. The normalized spacial score (nSPS) is 25.5. The van der Waals surface area contributed by atoms with Crippen molar-refractivity contribution in [3.8, 4) is 0 Å². The zero-order valence-corrected chi connectivity index (χ0v) is 6.79. The summed E-state index contributed by atoms with van der Waals surface area (Å²) < 4.78 is 4.96. The first kappa shape index (κ1) is 8.24. The first-order valence-electron chi connectivity index (χ1n) is 3.81. The third-order valence-corrected chi connectivity index (χ3v) is 1.80. The molecule has 0 bridgehead atoms. The Labute approximate surface area is 65.7 Å². The largest absolute Gasteiger partial charge is 0.461 e. The highest BCUT2D eigenvalue weighted by Gasteiger charge is 2.28. The van der Waals surface area contributed by atoms with E-state index in [9.17, 15) is 9.59 Å². The van der Waals surface area contributed by atoms with Crippen LogP contribution in [0.25, 0.3) is 0 Å². The number of hydrogen-bond donors (Lipinski definition) is 0. The first-order valence-corrected chi connectivity index (χ1v) is 3.81. The molecule has 0 amide bonds. The maximum Gasteiger partial charge on any atom is 0.313 e. The average molecular weight is 156 g/mol. The Hall–Kier alpha value is -0.860. The van der Waals surface area contributed by atoms with E-state index in [0.717, 1.165) is 0 Å². The van der Waals surface area contributed by atoms with E-state index >= 15 is 0 Å². The lowest BCUT2D eigenvalue weighted by Gasteiger charge is -2.24. The van der Waals surface area contributed by atoms with Crippen molar-refractivity contribution >= 4 is 11.8 Å². The number of rotatable bonds is 1. The molecule has 62 valence electrons. The van der Waals surface area contributed by atoms with E-state index in [0.29, 0.717) is 6.42 Å². The van der Waals surface area contributed by atoms with E-state index in [2.05, 4.69) is 0 Å². The molecule has 1 saturated heterocycles. The van der Waals surface area contributed by atoms with Crippen molar-refractivity contribution in [3.05, 3.63) is 0 Å². The molecule has 1 heterocycles. The van der Waals surface area contributed by atoms with Crippen molar-refractivity contribution in [2.24, 2.45) is 5.92 Å². The smallest absolute Gasteiger partial charge is 0.313 e. The second-order valence-corrected chi connectivity index (χ2v) is 3.19. The summed E-state index contributed by atoms with van der Waals surface area (Å²) in [5, 5.41) is 0. The van der Waals surface area contributed by atoms with Gasteiger partial charge < -0.3 is 4.74 Å². The molecule has 0 saturated carbocycles. The minimum atomic E-state index is -0.375. The molecule has 0 aliphatic carbocycles. The number of cyclic esters (lactones) is 1. The molecule has 0 aromatic carbocycles. The van der Waals surface area contributed by atoms with Gasteiger partial charge >= 0.3 is 5.97 Å². The van der Waals surface area contributed by atoms with E-state index in [4.69, 9.17) is 4.74 Å². The maximum atomic E-state index is 10.9. The van der Waals surface area contributed by atoms with Crippen LogP contribution in [-0.2, 0) is 14.3 Å². The molecular weight excluding hydrogens is 144 g/mol. The summed E-state index contributed by atoms with van der Waals surface area (Å²) in [6.45, 7) is 3.88. The number of Topliss-reactive ketones (excluding diaryl/α,β-unsaturated/α-hetero) is 1. The predicted octanol–water partition coefficient (Wildman–Crippen LogP) is 0.917. The molecule has 0 N–H and O–H groups in total. The van der Waals surface area contributed by atoms with Crippen molar-refractivity contribution in [3.63, 3.8) is 0 Å². The highest BCUT2D eigenvalue weighted by Crippen LogP contribution is 2.17. The van der Waals surface area contributed by atoms with Crippen LogP contribution in [-0.4, -0.2) is 17.9 Å². The summed E-state index contributed by atoms with van der Waals surface area (Å²) in [5.41, 5.74) is 0. The second-order valence-electron chi connectivity index (χ2n) is 3.19. The summed E-state index contributed by atoms with van der Waals surface area (Å²) in [6.07, 6.45) is 0.163. The van der Waals surface area contributed by atoms with Gasteiger partial charge in [0.2, 0.25) is 0 Å². The SMILES string of the molecule is CC(C)[C@H]1CC(=O)CC(=O)O1.